The predicted octanol–water partition coefficient (Wildman–Crippen LogP) is -0.0243. The second-order valence-electron chi connectivity index (χ2n) is 8.21. The number of carbonyl (C=O) groups excluding carboxylic acids is 2. The summed E-state index contributed by atoms with van der Waals surface area (Å²) < 4.78 is 2.51. The molecule has 0 saturated heterocycles. The van der Waals surface area contributed by atoms with E-state index in [2.05, 4.69) is 15.6 Å². The zero-order valence-electron chi connectivity index (χ0n) is 16.5. The van der Waals surface area contributed by atoms with Crippen molar-refractivity contribution in [2.75, 3.05) is 6.61 Å². The topological polar surface area (TPSA) is 153 Å². The summed E-state index contributed by atoms with van der Waals surface area (Å²) in [6, 6.07) is 1.54. The summed E-state index contributed by atoms with van der Waals surface area (Å²) in [6.45, 7) is 5.81. The van der Waals surface area contributed by atoms with Crippen LogP contribution in [0.1, 0.15) is 49.7 Å². The van der Waals surface area contributed by atoms with Gasteiger partial charge in [-0.05, 0) is 18.3 Å². The third-order valence-electron chi connectivity index (χ3n) is 4.11. The van der Waals surface area contributed by atoms with Crippen molar-refractivity contribution in [3.05, 3.63) is 27.7 Å². The Morgan fingerprint density at radius 2 is 2.14 bits per heavy atom. The van der Waals surface area contributed by atoms with E-state index in [-0.39, 0.29) is 22.7 Å². The van der Waals surface area contributed by atoms with E-state index in [1.165, 1.54) is 16.8 Å². The van der Waals surface area contributed by atoms with Gasteiger partial charge in [-0.3, -0.25) is 19.0 Å². The molecule has 0 aromatic carbocycles. The number of aromatic nitrogens is 3. The van der Waals surface area contributed by atoms with Crippen molar-refractivity contribution in [2.24, 2.45) is 16.3 Å². The molecule has 1 saturated carbocycles. The molecule has 1 aliphatic carbocycles. The van der Waals surface area contributed by atoms with E-state index in [1.54, 1.807) is 0 Å². The molecule has 11 heteroatoms. The summed E-state index contributed by atoms with van der Waals surface area (Å²) in [4.78, 5) is 40.8. The zero-order chi connectivity index (χ0) is 21.3. The first-order valence-corrected chi connectivity index (χ1v) is 9.17. The summed E-state index contributed by atoms with van der Waals surface area (Å²) in [6.07, 6.45) is 2.90. The average molecular weight is 404 g/mol. The first-order valence-electron chi connectivity index (χ1n) is 9.17. The Hall–Kier alpha value is -3.37. The number of hydrogen-bond donors (Lipinski definition) is 3. The first kappa shape index (κ1) is 20.4. The number of amides is 2. The van der Waals surface area contributed by atoms with Crippen molar-refractivity contribution < 1.29 is 19.5 Å². The molecule has 4 N–H and O–H groups in total. The number of rotatable bonds is 7. The Morgan fingerprint density at radius 1 is 1.45 bits per heavy atom. The third-order valence-corrected chi connectivity index (χ3v) is 4.11. The van der Waals surface area contributed by atoms with Gasteiger partial charge in [0.05, 0.1) is 6.21 Å². The number of oxime groups is 1. The van der Waals surface area contributed by atoms with Crippen LogP contribution in [0.4, 0.5) is 0 Å². The average Bonchev–Trinajstić information content (AvgIpc) is 3.30. The fraction of sp³-hybridized carbons (Fsp3) is 0.500. The van der Waals surface area contributed by atoms with Crippen LogP contribution in [-0.4, -0.2) is 50.0 Å². The van der Waals surface area contributed by atoms with Gasteiger partial charge in [-0.15, -0.1) is 0 Å². The van der Waals surface area contributed by atoms with E-state index in [1.807, 2.05) is 20.8 Å². The Labute approximate surface area is 166 Å². The highest BCUT2D eigenvalue weighted by atomic mass is 16.6. The molecule has 0 bridgehead atoms. The number of primary amides is 1. The summed E-state index contributed by atoms with van der Waals surface area (Å²) in [5, 5.41) is 21.2. The number of nitrogens with one attached hydrogen (secondary N) is 1. The number of hydrogen-bond acceptors (Lipinski definition) is 7. The van der Waals surface area contributed by atoms with Crippen LogP contribution in [0.3, 0.4) is 0 Å². The number of carbonyl (C=O) groups is 2. The minimum atomic E-state index is -0.737. The van der Waals surface area contributed by atoms with Crippen LogP contribution in [0.25, 0.3) is 5.65 Å². The summed E-state index contributed by atoms with van der Waals surface area (Å²) in [5.74, 6) is -1.72. The maximum atomic E-state index is 12.9. The standard InChI is InChI=1S/C18H24N6O5/c1-18(2,3)9-23-13-6-11(7-20-29-8-12(19)25)22-24(13)17(28)14(16(23)27)15(26)21-10-4-5-10/h6-7,10,27H,4-5,8-9H2,1-3H3,(H2,19,25)(H,21,26). The summed E-state index contributed by atoms with van der Waals surface area (Å²) >= 11 is 0. The molecule has 0 atom stereocenters. The number of fused-ring (bicyclic) bond motifs is 1. The molecule has 156 valence electrons. The normalized spacial score (nSPS) is 14.4. The highest BCUT2D eigenvalue weighted by molar-refractivity contribution is 5.96. The lowest BCUT2D eigenvalue weighted by atomic mass is 9.96. The molecule has 29 heavy (non-hydrogen) atoms. The van der Waals surface area contributed by atoms with Gasteiger partial charge < -0.3 is 21.0 Å². The van der Waals surface area contributed by atoms with Gasteiger partial charge >= 0.3 is 0 Å². The number of aromatic hydroxyl groups is 1. The van der Waals surface area contributed by atoms with Crippen molar-refractivity contribution in [2.45, 2.75) is 46.2 Å². The van der Waals surface area contributed by atoms with Gasteiger partial charge in [0.15, 0.2) is 12.2 Å². The van der Waals surface area contributed by atoms with Crippen LogP contribution >= 0.6 is 0 Å². The van der Waals surface area contributed by atoms with Gasteiger partial charge in [-0.2, -0.15) is 9.61 Å². The molecule has 1 aliphatic rings. The molecule has 1 fully saturated rings. The first-order chi connectivity index (χ1) is 13.6. The monoisotopic (exact) mass is 404 g/mol. The smallest absolute Gasteiger partial charge is 0.291 e. The maximum absolute atomic E-state index is 12.9. The van der Waals surface area contributed by atoms with Gasteiger partial charge in [0.1, 0.15) is 11.3 Å². The SMILES string of the molecule is CC(C)(C)Cn1c(O)c(C(=O)NC2CC2)c(=O)n2nc(C=NOCC(N)=O)cc12. The van der Waals surface area contributed by atoms with E-state index in [0.29, 0.717) is 12.2 Å². The van der Waals surface area contributed by atoms with Crippen molar-refractivity contribution in [1.82, 2.24) is 19.5 Å². The van der Waals surface area contributed by atoms with Crippen LogP contribution in [-0.2, 0) is 16.2 Å². The zero-order valence-corrected chi connectivity index (χ0v) is 16.5. The Morgan fingerprint density at radius 3 is 2.72 bits per heavy atom. The van der Waals surface area contributed by atoms with Gasteiger partial charge in [0.2, 0.25) is 5.88 Å². The quantitative estimate of drug-likeness (QED) is 0.435. The largest absolute Gasteiger partial charge is 0.494 e. The second kappa shape index (κ2) is 7.57. The van der Waals surface area contributed by atoms with E-state index >= 15 is 0 Å². The lowest BCUT2D eigenvalue weighted by molar-refractivity contribution is -0.122. The van der Waals surface area contributed by atoms with Crippen LogP contribution in [0, 0.1) is 5.41 Å². The molecular weight excluding hydrogens is 380 g/mol. The molecule has 2 heterocycles. The molecule has 3 rings (SSSR count). The molecule has 11 nitrogen and oxygen atoms in total. The molecule has 0 unspecified atom stereocenters. The van der Waals surface area contributed by atoms with Crippen LogP contribution < -0.4 is 16.6 Å². The Balaban J connectivity index is 2.08. The molecule has 2 amide bonds. The molecule has 0 radical (unpaired) electrons. The van der Waals surface area contributed by atoms with Crippen molar-refractivity contribution in [1.29, 1.82) is 0 Å². The summed E-state index contributed by atoms with van der Waals surface area (Å²) in [5.41, 5.74) is 4.14. The van der Waals surface area contributed by atoms with E-state index in [4.69, 9.17) is 10.6 Å². The predicted molar refractivity (Wildman–Crippen MR) is 104 cm³/mol. The van der Waals surface area contributed by atoms with Crippen molar-refractivity contribution >= 4 is 23.7 Å². The minimum absolute atomic E-state index is 0.0239. The Kier molecular flexibility index (Phi) is 5.31. The third kappa shape index (κ3) is 4.73. The van der Waals surface area contributed by atoms with E-state index < -0.39 is 29.9 Å². The molecule has 0 aliphatic heterocycles. The highest BCUT2D eigenvalue weighted by Crippen LogP contribution is 2.26. The minimum Gasteiger partial charge on any atom is -0.494 e. The highest BCUT2D eigenvalue weighted by Gasteiger charge is 2.30. The van der Waals surface area contributed by atoms with Gasteiger partial charge in [-0.25, -0.2) is 0 Å². The lowest BCUT2D eigenvalue weighted by Gasteiger charge is -2.23. The lowest BCUT2D eigenvalue weighted by Crippen LogP contribution is -2.35. The van der Waals surface area contributed by atoms with Crippen LogP contribution in [0.15, 0.2) is 16.0 Å². The molecule has 2 aromatic rings. The van der Waals surface area contributed by atoms with Crippen molar-refractivity contribution in [3.8, 4) is 5.88 Å². The van der Waals surface area contributed by atoms with Crippen LogP contribution in [0.2, 0.25) is 0 Å². The van der Waals surface area contributed by atoms with E-state index in [9.17, 15) is 19.5 Å². The van der Waals surface area contributed by atoms with Crippen LogP contribution in [0.5, 0.6) is 5.88 Å². The fourth-order valence-corrected chi connectivity index (χ4v) is 2.75. The second-order valence-corrected chi connectivity index (χ2v) is 8.21. The fourth-order valence-electron chi connectivity index (χ4n) is 2.75. The molecule has 2 aromatic heterocycles. The summed E-state index contributed by atoms with van der Waals surface area (Å²) in [7, 11) is 0. The number of nitrogens with zero attached hydrogens (tertiary/aromatic N) is 4. The molecular formula is C18H24N6O5. The molecule has 0 spiro atoms. The van der Waals surface area contributed by atoms with Gasteiger partial charge in [0, 0.05) is 18.7 Å². The van der Waals surface area contributed by atoms with Gasteiger partial charge in [0.25, 0.3) is 17.4 Å². The van der Waals surface area contributed by atoms with E-state index in [0.717, 1.165) is 17.4 Å². The maximum Gasteiger partial charge on any atom is 0.291 e. The number of nitrogens with two attached hydrogens (primary N) is 1. The van der Waals surface area contributed by atoms with Gasteiger partial charge in [-0.1, -0.05) is 25.9 Å². The Bertz CT molecular complexity index is 1040. The van der Waals surface area contributed by atoms with Crippen molar-refractivity contribution in [3.63, 3.8) is 0 Å².